The van der Waals surface area contributed by atoms with Crippen molar-refractivity contribution in [3.63, 3.8) is 0 Å². The maximum absolute atomic E-state index is 13.4. The maximum atomic E-state index is 13.4. The predicted octanol–water partition coefficient (Wildman–Crippen LogP) is 4.57. The van der Waals surface area contributed by atoms with Crippen LogP contribution in [0.25, 0.3) is 0 Å². The summed E-state index contributed by atoms with van der Waals surface area (Å²) in [5.41, 5.74) is 1.56. The summed E-state index contributed by atoms with van der Waals surface area (Å²) in [6.07, 6.45) is 0.0959. The van der Waals surface area contributed by atoms with Gasteiger partial charge in [0.25, 0.3) is 0 Å². The van der Waals surface area contributed by atoms with Crippen LogP contribution >= 0.6 is 0 Å². The van der Waals surface area contributed by atoms with E-state index >= 15 is 0 Å². The number of urea groups is 1. The van der Waals surface area contributed by atoms with Crippen LogP contribution in [0.15, 0.2) is 42.5 Å². The van der Waals surface area contributed by atoms with Crippen molar-refractivity contribution in [1.82, 2.24) is 0 Å². The van der Waals surface area contributed by atoms with Crippen molar-refractivity contribution in [2.24, 2.45) is 0 Å². The van der Waals surface area contributed by atoms with E-state index in [1.165, 1.54) is 6.07 Å². The van der Waals surface area contributed by atoms with Crippen LogP contribution < -0.4 is 15.4 Å². The Balaban J connectivity index is 1.95. The quantitative estimate of drug-likeness (QED) is 0.869. The minimum Gasteiger partial charge on any atom is -0.491 e. The van der Waals surface area contributed by atoms with Crippen LogP contribution in [0.2, 0.25) is 0 Å². The molecule has 0 atom stereocenters. The van der Waals surface area contributed by atoms with Crippen LogP contribution in [0.4, 0.5) is 20.6 Å². The van der Waals surface area contributed by atoms with Crippen molar-refractivity contribution >= 4 is 17.4 Å². The summed E-state index contributed by atoms with van der Waals surface area (Å²) in [5, 5.41) is 5.26. The molecule has 0 saturated carbocycles. The Morgan fingerprint density at radius 2 is 1.64 bits per heavy atom. The van der Waals surface area contributed by atoms with Gasteiger partial charge in [-0.25, -0.2) is 9.18 Å². The molecule has 22 heavy (non-hydrogen) atoms. The number of amides is 2. The molecule has 4 nitrogen and oxygen atoms in total. The monoisotopic (exact) mass is 302 g/mol. The summed E-state index contributed by atoms with van der Waals surface area (Å²) in [6.45, 7) is 5.56. The number of ether oxygens (including phenoxy) is 1. The zero-order valence-corrected chi connectivity index (χ0v) is 12.8. The third-order valence-electron chi connectivity index (χ3n) is 2.91. The summed E-state index contributed by atoms with van der Waals surface area (Å²) in [6, 6.07) is 11.2. The lowest BCUT2D eigenvalue weighted by atomic mass is 10.2. The van der Waals surface area contributed by atoms with Gasteiger partial charge in [-0.05, 0) is 62.7 Å². The molecular formula is C17H19FN2O2. The topological polar surface area (TPSA) is 50.4 Å². The third kappa shape index (κ3) is 4.48. The summed E-state index contributed by atoms with van der Waals surface area (Å²) in [4.78, 5) is 11.9. The first-order valence-electron chi connectivity index (χ1n) is 7.05. The SMILES string of the molecule is Cc1ccc(NC(=O)Nc2ccc(OC(C)C)cc2)cc1F. The highest BCUT2D eigenvalue weighted by Gasteiger charge is 2.05. The molecule has 0 spiro atoms. The lowest BCUT2D eigenvalue weighted by Gasteiger charge is -2.11. The molecule has 2 amide bonds. The average Bonchev–Trinajstić information content (AvgIpc) is 2.44. The van der Waals surface area contributed by atoms with Crippen molar-refractivity contribution in [2.45, 2.75) is 26.9 Å². The van der Waals surface area contributed by atoms with Crippen molar-refractivity contribution in [3.05, 3.63) is 53.8 Å². The van der Waals surface area contributed by atoms with Gasteiger partial charge in [0.2, 0.25) is 0 Å². The van der Waals surface area contributed by atoms with Crippen molar-refractivity contribution < 1.29 is 13.9 Å². The zero-order valence-electron chi connectivity index (χ0n) is 12.8. The molecule has 2 aromatic rings. The molecule has 0 fully saturated rings. The molecule has 0 radical (unpaired) electrons. The zero-order chi connectivity index (χ0) is 16.1. The maximum Gasteiger partial charge on any atom is 0.323 e. The molecule has 2 rings (SSSR count). The second-order valence-corrected chi connectivity index (χ2v) is 5.23. The molecule has 2 N–H and O–H groups in total. The molecular weight excluding hydrogens is 283 g/mol. The van der Waals surface area contributed by atoms with Gasteiger partial charge in [0.1, 0.15) is 11.6 Å². The van der Waals surface area contributed by atoms with E-state index in [9.17, 15) is 9.18 Å². The fourth-order valence-corrected chi connectivity index (χ4v) is 1.85. The van der Waals surface area contributed by atoms with Gasteiger partial charge in [0.05, 0.1) is 6.10 Å². The number of halogens is 1. The van der Waals surface area contributed by atoms with E-state index in [0.29, 0.717) is 16.9 Å². The fourth-order valence-electron chi connectivity index (χ4n) is 1.85. The van der Waals surface area contributed by atoms with Gasteiger partial charge in [-0.2, -0.15) is 0 Å². The van der Waals surface area contributed by atoms with Crippen LogP contribution in [-0.4, -0.2) is 12.1 Å². The Hall–Kier alpha value is -2.56. The molecule has 0 aliphatic rings. The molecule has 116 valence electrons. The third-order valence-corrected chi connectivity index (χ3v) is 2.91. The highest BCUT2D eigenvalue weighted by Crippen LogP contribution is 2.18. The first-order chi connectivity index (χ1) is 10.4. The highest BCUT2D eigenvalue weighted by atomic mass is 19.1. The molecule has 0 saturated heterocycles. The predicted molar refractivity (Wildman–Crippen MR) is 86.0 cm³/mol. The number of carbonyl (C=O) groups is 1. The van der Waals surface area contributed by atoms with Gasteiger partial charge in [-0.1, -0.05) is 6.07 Å². The summed E-state index contributed by atoms with van der Waals surface area (Å²) >= 11 is 0. The van der Waals surface area contributed by atoms with Crippen LogP contribution in [0.3, 0.4) is 0 Å². The lowest BCUT2D eigenvalue weighted by molar-refractivity contribution is 0.242. The van der Waals surface area contributed by atoms with Gasteiger partial charge in [0.15, 0.2) is 0 Å². The molecule has 2 aromatic carbocycles. The van der Waals surface area contributed by atoms with Gasteiger partial charge >= 0.3 is 6.03 Å². The van der Waals surface area contributed by atoms with Crippen LogP contribution in [0.5, 0.6) is 5.75 Å². The number of hydrogen-bond donors (Lipinski definition) is 2. The lowest BCUT2D eigenvalue weighted by Crippen LogP contribution is -2.19. The number of anilines is 2. The Labute approximate surface area is 129 Å². The normalized spacial score (nSPS) is 10.4. The second-order valence-electron chi connectivity index (χ2n) is 5.23. The fraction of sp³-hybridized carbons (Fsp3) is 0.235. The Kier molecular flexibility index (Phi) is 4.99. The van der Waals surface area contributed by atoms with Crippen LogP contribution in [-0.2, 0) is 0 Å². The Bertz CT molecular complexity index is 654. The molecule has 0 aliphatic heterocycles. The molecule has 0 aromatic heterocycles. The smallest absolute Gasteiger partial charge is 0.323 e. The summed E-state index contributed by atoms with van der Waals surface area (Å²) in [7, 11) is 0. The number of carbonyl (C=O) groups excluding carboxylic acids is 1. The first-order valence-corrected chi connectivity index (χ1v) is 7.05. The molecule has 5 heteroatoms. The van der Waals surface area contributed by atoms with Crippen molar-refractivity contribution in [3.8, 4) is 5.75 Å². The van der Waals surface area contributed by atoms with Crippen LogP contribution in [0, 0.1) is 12.7 Å². The van der Waals surface area contributed by atoms with Crippen molar-refractivity contribution in [2.75, 3.05) is 10.6 Å². The first kappa shape index (κ1) is 15.8. The van der Waals surface area contributed by atoms with Crippen LogP contribution in [0.1, 0.15) is 19.4 Å². The number of aryl methyl sites for hydroxylation is 1. The van der Waals surface area contributed by atoms with Gasteiger partial charge in [-0.3, -0.25) is 0 Å². The van der Waals surface area contributed by atoms with Crippen molar-refractivity contribution in [1.29, 1.82) is 0 Å². The standard InChI is InChI=1S/C17H19FN2O2/c1-11(2)22-15-8-6-13(7-9-15)19-17(21)20-14-5-4-12(3)16(18)10-14/h4-11H,1-3H3,(H2,19,20,21). The van der Waals surface area contributed by atoms with E-state index in [-0.39, 0.29) is 11.9 Å². The Morgan fingerprint density at radius 3 is 2.23 bits per heavy atom. The second kappa shape index (κ2) is 6.93. The number of hydrogen-bond acceptors (Lipinski definition) is 2. The minimum absolute atomic E-state index is 0.0959. The van der Waals surface area contributed by atoms with E-state index < -0.39 is 6.03 Å². The van der Waals surface area contributed by atoms with Gasteiger partial charge in [-0.15, -0.1) is 0 Å². The number of benzene rings is 2. The van der Waals surface area contributed by atoms with E-state index in [2.05, 4.69) is 10.6 Å². The summed E-state index contributed by atoms with van der Waals surface area (Å²) < 4.78 is 18.9. The van der Waals surface area contributed by atoms with E-state index in [1.807, 2.05) is 13.8 Å². The largest absolute Gasteiger partial charge is 0.491 e. The Morgan fingerprint density at radius 1 is 1.05 bits per heavy atom. The molecule has 0 heterocycles. The van der Waals surface area contributed by atoms with E-state index in [0.717, 1.165) is 5.75 Å². The van der Waals surface area contributed by atoms with E-state index in [4.69, 9.17) is 4.74 Å². The highest BCUT2D eigenvalue weighted by molar-refractivity contribution is 5.99. The molecule has 0 aliphatic carbocycles. The average molecular weight is 302 g/mol. The number of nitrogens with one attached hydrogen (secondary N) is 2. The van der Waals surface area contributed by atoms with Gasteiger partial charge in [0, 0.05) is 11.4 Å². The van der Waals surface area contributed by atoms with E-state index in [1.54, 1.807) is 43.3 Å². The number of rotatable bonds is 4. The summed E-state index contributed by atoms with van der Waals surface area (Å²) in [5.74, 6) is 0.384. The van der Waals surface area contributed by atoms with Gasteiger partial charge < -0.3 is 15.4 Å². The molecule has 0 unspecified atom stereocenters. The molecule has 0 bridgehead atoms. The minimum atomic E-state index is -0.430.